The molecular weight excluding hydrogens is 230 g/mol. The first-order chi connectivity index (χ1) is 6.26. The van der Waals surface area contributed by atoms with E-state index in [0.717, 1.165) is 23.2 Å². The highest BCUT2D eigenvalue weighted by Gasteiger charge is 2.00. The highest BCUT2D eigenvalue weighted by atomic mass is 79.9. The number of ether oxygens (including phenoxy) is 1. The first kappa shape index (κ1) is 10.5. The van der Waals surface area contributed by atoms with Gasteiger partial charge in [0.2, 0.25) is 0 Å². The molecule has 0 bridgehead atoms. The molecule has 3 heteroatoms. The molecule has 2 nitrogen and oxygen atoms in total. The van der Waals surface area contributed by atoms with Crippen molar-refractivity contribution in [3.8, 4) is 5.75 Å². The highest BCUT2D eigenvalue weighted by Crippen LogP contribution is 2.13. The minimum Gasteiger partial charge on any atom is -0.489 e. The highest BCUT2D eigenvalue weighted by molar-refractivity contribution is 9.08. The molecule has 0 aliphatic heterocycles. The van der Waals surface area contributed by atoms with Crippen molar-refractivity contribution in [2.75, 3.05) is 0 Å². The lowest BCUT2D eigenvalue weighted by Gasteiger charge is -2.11. The molecule has 0 radical (unpaired) electrons. The van der Waals surface area contributed by atoms with E-state index in [0.29, 0.717) is 0 Å². The average molecular weight is 244 g/mol. The smallest absolute Gasteiger partial charge is 0.138 e. The zero-order valence-corrected chi connectivity index (χ0v) is 9.54. The lowest BCUT2D eigenvalue weighted by atomic mass is 10.3. The molecule has 0 saturated heterocycles. The van der Waals surface area contributed by atoms with E-state index in [1.807, 2.05) is 12.1 Å². The van der Waals surface area contributed by atoms with Crippen LogP contribution in [0.25, 0.3) is 0 Å². The van der Waals surface area contributed by atoms with Crippen LogP contribution in [0.3, 0.4) is 0 Å². The summed E-state index contributed by atoms with van der Waals surface area (Å²) in [5.41, 5.74) is 1.02. The molecule has 13 heavy (non-hydrogen) atoms. The molecule has 1 rings (SSSR count). The normalized spacial score (nSPS) is 12.5. The minimum atomic E-state index is 0.261. The van der Waals surface area contributed by atoms with Crippen LogP contribution in [0.15, 0.2) is 18.3 Å². The molecular formula is C10H14BrNO. The lowest BCUT2D eigenvalue weighted by Crippen LogP contribution is -2.09. The van der Waals surface area contributed by atoms with Gasteiger partial charge in [-0.05, 0) is 25.5 Å². The zero-order chi connectivity index (χ0) is 9.68. The molecule has 0 N–H and O–H groups in total. The van der Waals surface area contributed by atoms with Gasteiger partial charge in [0.1, 0.15) is 5.75 Å². The molecule has 1 heterocycles. The summed E-state index contributed by atoms with van der Waals surface area (Å²) in [5, 5.41) is 0.788. The predicted molar refractivity (Wildman–Crippen MR) is 57.2 cm³/mol. The second kappa shape index (κ2) is 5.22. The topological polar surface area (TPSA) is 22.1 Å². The molecule has 0 aromatic carbocycles. The Balaban J connectivity index is 2.58. The van der Waals surface area contributed by atoms with Crippen molar-refractivity contribution in [1.82, 2.24) is 4.98 Å². The number of hydrogen-bond donors (Lipinski definition) is 0. The van der Waals surface area contributed by atoms with Crippen LogP contribution in [0.5, 0.6) is 5.75 Å². The van der Waals surface area contributed by atoms with Gasteiger partial charge in [0.25, 0.3) is 0 Å². The van der Waals surface area contributed by atoms with Gasteiger partial charge in [-0.2, -0.15) is 0 Å². The van der Waals surface area contributed by atoms with Crippen LogP contribution >= 0.6 is 15.9 Å². The third-order valence-electron chi connectivity index (χ3n) is 1.85. The van der Waals surface area contributed by atoms with E-state index >= 15 is 0 Å². The van der Waals surface area contributed by atoms with Crippen molar-refractivity contribution < 1.29 is 4.74 Å². The molecule has 1 atom stereocenters. The minimum absolute atomic E-state index is 0.261. The van der Waals surface area contributed by atoms with E-state index in [2.05, 4.69) is 34.8 Å². The van der Waals surface area contributed by atoms with E-state index in [4.69, 9.17) is 4.74 Å². The van der Waals surface area contributed by atoms with Gasteiger partial charge in [-0.1, -0.05) is 22.9 Å². The Morgan fingerprint density at radius 3 is 2.77 bits per heavy atom. The summed E-state index contributed by atoms with van der Waals surface area (Å²) in [6.45, 7) is 4.16. The number of alkyl halides is 1. The lowest BCUT2D eigenvalue weighted by molar-refractivity contribution is 0.216. The fourth-order valence-corrected chi connectivity index (χ4v) is 1.21. The first-order valence-corrected chi connectivity index (χ1v) is 5.56. The SMILES string of the molecule is CCC(C)Oc1ccc(CBr)nc1. The number of aromatic nitrogens is 1. The maximum atomic E-state index is 5.59. The molecule has 0 aliphatic carbocycles. The fraction of sp³-hybridized carbons (Fsp3) is 0.500. The summed E-state index contributed by atoms with van der Waals surface area (Å²) in [6.07, 6.45) is 3.04. The molecule has 0 spiro atoms. The van der Waals surface area contributed by atoms with Crippen molar-refractivity contribution in [3.05, 3.63) is 24.0 Å². The number of rotatable bonds is 4. The molecule has 1 aromatic rings. The van der Waals surface area contributed by atoms with Crippen LogP contribution in [0, 0.1) is 0 Å². The molecule has 0 saturated carbocycles. The van der Waals surface area contributed by atoms with E-state index in [-0.39, 0.29) is 6.10 Å². The quantitative estimate of drug-likeness (QED) is 0.759. The summed E-state index contributed by atoms with van der Waals surface area (Å²) in [4.78, 5) is 4.21. The Labute approximate surface area is 87.5 Å². The van der Waals surface area contributed by atoms with Crippen LogP contribution in [-0.4, -0.2) is 11.1 Å². The van der Waals surface area contributed by atoms with Crippen LogP contribution in [0.1, 0.15) is 26.0 Å². The second-order valence-corrected chi connectivity index (χ2v) is 3.52. The average Bonchev–Trinajstić information content (AvgIpc) is 2.19. The van der Waals surface area contributed by atoms with Gasteiger partial charge in [0.05, 0.1) is 18.0 Å². The van der Waals surface area contributed by atoms with Gasteiger partial charge >= 0.3 is 0 Å². The van der Waals surface area contributed by atoms with Gasteiger partial charge in [0, 0.05) is 5.33 Å². The predicted octanol–water partition coefficient (Wildman–Crippen LogP) is 3.15. The Bertz CT molecular complexity index is 248. The van der Waals surface area contributed by atoms with E-state index in [9.17, 15) is 0 Å². The van der Waals surface area contributed by atoms with Crippen molar-refractivity contribution in [2.45, 2.75) is 31.7 Å². The van der Waals surface area contributed by atoms with E-state index in [1.165, 1.54) is 0 Å². The van der Waals surface area contributed by atoms with Crippen LogP contribution < -0.4 is 4.74 Å². The third kappa shape index (κ3) is 3.35. The first-order valence-electron chi connectivity index (χ1n) is 4.43. The molecule has 72 valence electrons. The molecule has 0 amide bonds. The summed E-state index contributed by atoms with van der Waals surface area (Å²) in [7, 11) is 0. The Morgan fingerprint density at radius 1 is 1.54 bits per heavy atom. The number of pyridine rings is 1. The van der Waals surface area contributed by atoms with E-state index in [1.54, 1.807) is 6.20 Å². The standard InChI is InChI=1S/C10H14BrNO/c1-3-8(2)13-10-5-4-9(6-11)12-7-10/h4-5,7-8H,3,6H2,1-2H3. The summed E-state index contributed by atoms with van der Waals surface area (Å²) >= 11 is 3.34. The van der Waals surface area contributed by atoms with Gasteiger partial charge in [0.15, 0.2) is 0 Å². The monoisotopic (exact) mass is 243 g/mol. The fourth-order valence-electron chi connectivity index (χ4n) is 0.875. The molecule has 1 aromatic heterocycles. The largest absolute Gasteiger partial charge is 0.489 e. The Hall–Kier alpha value is -0.570. The van der Waals surface area contributed by atoms with Crippen molar-refractivity contribution in [3.63, 3.8) is 0 Å². The zero-order valence-electron chi connectivity index (χ0n) is 7.96. The Kier molecular flexibility index (Phi) is 4.22. The number of hydrogen-bond acceptors (Lipinski definition) is 2. The van der Waals surface area contributed by atoms with Crippen LogP contribution in [0.2, 0.25) is 0 Å². The van der Waals surface area contributed by atoms with Gasteiger partial charge in [-0.15, -0.1) is 0 Å². The van der Waals surface area contributed by atoms with Crippen molar-refractivity contribution in [1.29, 1.82) is 0 Å². The van der Waals surface area contributed by atoms with Crippen LogP contribution in [0.4, 0.5) is 0 Å². The van der Waals surface area contributed by atoms with Crippen LogP contribution in [-0.2, 0) is 5.33 Å². The molecule has 1 unspecified atom stereocenters. The maximum absolute atomic E-state index is 5.59. The van der Waals surface area contributed by atoms with Crippen molar-refractivity contribution >= 4 is 15.9 Å². The molecule has 0 fully saturated rings. The van der Waals surface area contributed by atoms with Crippen molar-refractivity contribution in [2.24, 2.45) is 0 Å². The Morgan fingerprint density at radius 2 is 2.31 bits per heavy atom. The maximum Gasteiger partial charge on any atom is 0.138 e. The third-order valence-corrected chi connectivity index (χ3v) is 2.42. The number of halogens is 1. The van der Waals surface area contributed by atoms with Gasteiger partial charge in [-0.3, -0.25) is 4.98 Å². The number of nitrogens with zero attached hydrogens (tertiary/aromatic N) is 1. The van der Waals surface area contributed by atoms with Gasteiger partial charge in [-0.25, -0.2) is 0 Å². The summed E-state index contributed by atoms with van der Waals surface area (Å²) < 4.78 is 5.59. The van der Waals surface area contributed by atoms with Gasteiger partial charge < -0.3 is 4.74 Å². The van der Waals surface area contributed by atoms with E-state index < -0.39 is 0 Å². The molecule has 0 aliphatic rings. The second-order valence-electron chi connectivity index (χ2n) is 2.96. The summed E-state index contributed by atoms with van der Waals surface area (Å²) in [5.74, 6) is 0.846. The summed E-state index contributed by atoms with van der Waals surface area (Å²) in [6, 6.07) is 3.92.